The molecule has 0 bridgehead atoms. The Balaban J connectivity index is 2.50. The highest BCUT2D eigenvalue weighted by Crippen LogP contribution is 1.98. The lowest BCUT2D eigenvalue weighted by Gasteiger charge is -2.14. The van der Waals surface area contributed by atoms with E-state index in [4.69, 9.17) is 9.31 Å². The third kappa shape index (κ3) is 6.92. The van der Waals surface area contributed by atoms with E-state index in [0.717, 1.165) is 5.46 Å². The summed E-state index contributed by atoms with van der Waals surface area (Å²) in [5, 5.41) is 0. The molecule has 0 aliphatic heterocycles. The highest BCUT2D eigenvalue weighted by Gasteiger charge is 2.21. The molecule has 0 fully saturated rings. The Morgan fingerprint density at radius 3 is 1.81 bits per heavy atom. The van der Waals surface area contributed by atoms with E-state index in [1.165, 1.54) is 14.2 Å². The topological polar surface area (TPSA) is 71.1 Å². The molecule has 1 aromatic carbocycles. The van der Waals surface area contributed by atoms with Gasteiger partial charge in [0.05, 0.1) is 27.1 Å². The summed E-state index contributed by atoms with van der Waals surface area (Å²) in [7, 11) is 2.01. The summed E-state index contributed by atoms with van der Waals surface area (Å²) in [6, 6.07) is 9.29. The highest BCUT2D eigenvalue weighted by atomic mass is 16.6. The Morgan fingerprint density at radius 1 is 0.905 bits per heavy atom. The van der Waals surface area contributed by atoms with E-state index in [1.807, 2.05) is 30.3 Å². The van der Waals surface area contributed by atoms with Gasteiger partial charge in [0.2, 0.25) is 0 Å². The van der Waals surface area contributed by atoms with Crippen LogP contribution in [0.15, 0.2) is 30.3 Å². The quantitative estimate of drug-likeness (QED) is 0.489. The molecule has 0 aliphatic carbocycles. The number of esters is 2. The Bertz CT molecular complexity index is 414. The van der Waals surface area contributed by atoms with Crippen LogP contribution in [0.4, 0.5) is 0 Å². The molecular formula is C14H19BO6. The zero-order valence-corrected chi connectivity index (χ0v) is 12.2. The molecule has 0 unspecified atom stereocenters. The van der Waals surface area contributed by atoms with Gasteiger partial charge in [-0.1, -0.05) is 30.3 Å². The fourth-order valence-corrected chi connectivity index (χ4v) is 1.55. The molecule has 0 aliphatic rings. The molecule has 0 saturated carbocycles. The van der Waals surface area contributed by atoms with Gasteiger partial charge >= 0.3 is 19.1 Å². The summed E-state index contributed by atoms with van der Waals surface area (Å²) in [5.41, 5.74) is 0.812. The summed E-state index contributed by atoms with van der Waals surface area (Å²) >= 11 is 0. The second-order valence-corrected chi connectivity index (χ2v) is 4.14. The number of carbonyl (C=O) groups excluding carboxylic acids is 2. The predicted molar refractivity (Wildman–Crippen MR) is 77.0 cm³/mol. The van der Waals surface area contributed by atoms with Crippen molar-refractivity contribution in [3.8, 4) is 0 Å². The molecule has 114 valence electrons. The first-order chi connectivity index (χ1) is 10.2. The molecule has 21 heavy (non-hydrogen) atoms. The van der Waals surface area contributed by atoms with Crippen molar-refractivity contribution >= 4 is 24.5 Å². The van der Waals surface area contributed by atoms with Gasteiger partial charge in [-0.15, -0.1) is 0 Å². The van der Waals surface area contributed by atoms with Gasteiger partial charge in [0.15, 0.2) is 0 Å². The molecule has 6 nitrogen and oxygen atoms in total. The first-order valence-corrected chi connectivity index (χ1v) is 6.59. The van der Waals surface area contributed by atoms with Crippen molar-refractivity contribution in [3.05, 3.63) is 30.3 Å². The van der Waals surface area contributed by atoms with Crippen LogP contribution in [0, 0.1) is 0 Å². The summed E-state index contributed by atoms with van der Waals surface area (Å²) in [6.07, 6.45) is 0.278. The lowest BCUT2D eigenvalue weighted by atomic mass is 9.79. The van der Waals surface area contributed by atoms with Crippen molar-refractivity contribution in [1.82, 2.24) is 0 Å². The monoisotopic (exact) mass is 294 g/mol. The predicted octanol–water partition coefficient (Wildman–Crippen LogP) is 0.541. The Labute approximate surface area is 124 Å². The van der Waals surface area contributed by atoms with Crippen molar-refractivity contribution in [3.63, 3.8) is 0 Å². The Hall–Kier alpha value is -1.86. The lowest BCUT2D eigenvalue weighted by molar-refractivity contribution is -0.141. The average molecular weight is 294 g/mol. The van der Waals surface area contributed by atoms with Gasteiger partial charge in [-0.05, 0) is 5.46 Å². The van der Waals surface area contributed by atoms with Crippen LogP contribution in [-0.2, 0) is 28.4 Å². The number of rotatable bonds is 9. The summed E-state index contributed by atoms with van der Waals surface area (Å²) in [4.78, 5) is 22.1. The van der Waals surface area contributed by atoms with E-state index < -0.39 is 7.12 Å². The van der Waals surface area contributed by atoms with Gasteiger partial charge in [-0.25, -0.2) is 0 Å². The standard InChI is InChI=1S/C14H19BO6/c1-18-13(16)8-10-20-15(12-6-4-3-5-7-12)21-11-9-14(17)19-2/h3-7H,8-11H2,1-2H3. The van der Waals surface area contributed by atoms with Crippen LogP contribution in [0.5, 0.6) is 0 Å². The number of hydrogen-bond donors (Lipinski definition) is 0. The minimum atomic E-state index is -0.638. The Morgan fingerprint density at radius 2 is 1.38 bits per heavy atom. The SMILES string of the molecule is COC(=O)CCOB(OCCC(=O)OC)c1ccccc1. The van der Waals surface area contributed by atoms with Crippen molar-refractivity contribution < 1.29 is 28.4 Å². The van der Waals surface area contributed by atoms with Gasteiger partial charge in [0, 0.05) is 13.2 Å². The molecule has 1 aromatic rings. The summed E-state index contributed by atoms with van der Waals surface area (Å²) in [5.74, 6) is -0.701. The number of benzene rings is 1. The molecule has 0 heterocycles. The van der Waals surface area contributed by atoms with Gasteiger partial charge in [0.25, 0.3) is 0 Å². The first-order valence-electron chi connectivity index (χ1n) is 6.59. The number of carbonyl (C=O) groups is 2. The maximum Gasteiger partial charge on any atom is 0.493 e. The molecule has 7 heteroatoms. The van der Waals surface area contributed by atoms with Crippen LogP contribution in [-0.4, -0.2) is 46.5 Å². The van der Waals surface area contributed by atoms with Crippen molar-refractivity contribution in [2.24, 2.45) is 0 Å². The minimum Gasteiger partial charge on any atom is -0.469 e. The van der Waals surface area contributed by atoms with E-state index in [1.54, 1.807) is 0 Å². The maximum absolute atomic E-state index is 11.1. The van der Waals surface area contributed by atoms with Crippen molar-refractivity contribution in [2.75, 3.05) is 27.4 Å². The van der Waals surface area contributed by atoms with Gasteiger partial charge in [-0.3, -0.25) is 9.59 Å². The molecule has 0 atom stereocenters. The minimum absolute atomic E-state index is 0.139. The largest absolute Gasteiger partial charge is 0.493 e. The van der Waals surface area contributed by atoms with Crippen LogP contribution < -0.4 is 5.46 Å². The zero-order valence-electron chi connectivity index (χ0n) is 12.2. The fourth-order valence-electron chi connectivity index (χ4n) is 1.55. The normalized spacial score (nSPS) is 10.0. The second-order valence-electron chi connectivity index (χ2n) is 4.14. The number of ether oxygens (including phenoxy) is 2. The zero-order chi connectivity index (χ0) is 15.5. The van der Waals surface area contributed by atoms with Gasteiger partial charge in [-0.2, -0.15) is 0 Å². The fraction of sp³-hybridized carbons (Fsp3) is 0.429. The third-order valence-corrected chi connectivity index (χ3v) is 2.68. The third-order valence-electron chi connectivity index (χ3n) is 2.68. The van der Waals surface area contributed by atoms with E-state index in [0.29, 0.717) is 0 Å². The van der Waals surface area contributed by atoms with Crippen molar-refractivity contribution in [1.29, 1.82) is 0 Å². The Kier molecular flexibility index (Phi) is 8.15. The molecule has 1 rings (SSSR count). The maximum atomic E-state index is 11.1. The summed E-state index contributed by atoms with van der Waals surface area (Å²) in [6.45, 7) is 0.342. The first kappa shape index (κ1) is 17.2. The van der Waals surface area contributed by atoms with Crippen LogP contribution in [0.1, 0.15) is 12.8 Å². The lowest BCUT2D eigenvalue weighted by Crippen LogP contribution is -2.38. The highest BCUT2D eigenvalue weighted by molar-refractivity contribution is 6.61. The van der Waals surface area contributed by atoms with E-state index >= 15 is 0 Å². The molecule has 0 amide bonds. The molecule has 0 radical (unpaired) electrons. The molecule has 0 saturated heterocycles. The second kappa shape index (κ2) is 9.96. The molecule has 0 N–H and O–H groups in total. The summed E-state index contributed by atoms with van der Waals surface area (Å²) < 4.78 is 20.2. The van der Waals surface area contributed by atoms with Crippen LogP contribution in [0.2, 0.25) is 0 Å². The van der Waals surface area contributed by atoms with E-state index in [2.05, 4.69) is 9.47 Å². The number of methoxy groups -OCH3 is 2. The van der Waals surface area contributed by atoms with Gasteiger partial charge < -0.3 is 18.8 Å². The molecular weight excluding hydrogens is 275 g/mol. The van der Waals surface area contributed by atoms with Crippen molar-refractivity contribution in [2.45, 2.75) is 12.8 Å². The van der Waals surface area contributed by atoms with E-state index in [-0.39, 0.29) is 38.0 Å². The van der Waals surface area contributed by atoms with E-state index in [9.17, 15) is 9.59 Å². The number of hydrogen-bond acceptors (Lipinski definition) is 6. The average Bonchev–Trinajstić information content (AvgIpc) is 2.53. The smallest absolute Gasteiger partial charge is 0.469 e. The van der Waals surface area contributed by atoms with Crippen LogP contribution >= 0.6 is 0 Å². The van der Waals surface area contributed by atoms with Crippen LogP contribution in [0.25, 0.3) is 0 Å². The van der Waals surface area contributed by atoms with Crippen LogP contribution in [0.3, 0.4) is 0 Å². The molecule has 0 aromatic heterocycles. The molecule has 0 spiro atoms. The van der Waals surface area contributed by atoms with Gasteiger partial charge in [0.1, 0.15) is 0 Å².